The predicted octanol–water partition coefficient (Wildman–Crippen LogP) is 6.09. The van der Waals surface area contributed by atoms with Crippen molar-refractivity contribution in [3.05, 3.63) is 0 Å². The van der Waals surface area contributed by atoms with Gasteiger partial charge in [-0.25, -0.2) is 0 Å². The van der Waals surface area contributed by atoms with Crippen LogP contribution in [0.5, 0.6) is 0 Å². The van der Waals surface area contributed by atoms with E-state index >= 15 is 0 Å². The van der Waals surface area contributed by atoms with Gasteiger partial charge < -0.3 is 5.11 Å². The zero-order chi connectivity index (χ0) is 14.3. The van der Waals surface area contributed by atoms with Gasteiger partial charge in [-0.3, -0.25) is 0 Å². The molecule has 0 aromatic heterocycles. The molecule has 1 N–H and O–H groups in total. The smallest absolute Gasteiger partial charge is 0.0540 e. The highest BCUT2D eigenvalue weighted by atomic mass is 16.3. The molecule has 1 heteroatoms. The quantitative estimate of drug-likeness (QED) is 0.378. The highest BCUT2D eigenvalue weighted by Gasteiger charge is 2.05. The van der Waals surface area contributed by atoms with Crippen molar-refractivity contribution < 1.29 is 5.11 Å². The summed E-state index contributed by atoms with van der Waals surface area (Å²) in [4.78, 5) is 0. The molecule has 2 atom stereocenters. The minimum Gasteiger partial charge on any atom is -0.393 e. The first-order chi connectivity index (χ1) is 9.20. The molecular weight excluding hydrogens is 232 g/mol. The van der Waals surface area contributed by atoms with Crippen LogP contribution < -0.4 is 0 Å². The number of unbranched alkanes of at least 4 members (excludes halogenated alkanes) is 6. The van der Waals surface area contributed by atoms with Crippen molar-refractivity contribution in [3.8, 4) is 0 Å². The third kappa shape index (κ3) is 14.2. The van der Waals surface area contributed by atoms with Crippen LogP contribution in [0, 0.1) is 5.92 Å². The minimum atomic E-state index is -0.0456. The lowest BCUT2D eigenvalue weighted by Gasteiger charge is -2.13. The van der Waals surface area contributed by atoms with Crippen LogP contribution in [0.2, 0.25) is 0 Å². The summed E-state index contributed by atoms with van der Waals surface area (Å²) >= 11 is 0. The molecule has 0 saturated carbocycles. The molecule has 0 aliphatic rings. The fourth-order valence-electron chi connectivity index (χ4n) is 2.77. The Morgan fingerprint density at radius 3 is 1.84 bits per heavy atom. The second-order valence-corrected chi connectivity index (χ2v) is 6.39. The lowest BCUT2D eigenvalue weighted by molar-refractivity contribution is 0.148. The molecule has 2 unspecified atom stereocenters. The first kappa shape index (κ1) is 19.0. The summed E-state index contributed by atoms with van der Waals surface area (Å²) < 4.78 is 0. The van der Waals surface area contributed by atoms with E-state index in [1.54, 1.807) is 0 Å². The lowest BCUT2D eigenvalue weighted by atomic mass is 9.95. The maximum atomic E-state index is 9.68. The van der Waals surface area contributed by atoms with Crippen molar-refractivity contribution in [2.24, 2.45) is 5.92 Å². The molecule has 0 saturated heterocycles. The highest BCUT2D eigenvalue weighted by molar-refractivity contribution is 4.59. The molecule has 0 radical (unpaired) electrons. The second kappa shape index (κ2) is 14.4. The van der Waals surface area contributed by atoms with Gasteiger partial charge in [0.1, 0.15) is 0 Å². The van der Waals surface area contributed by atoms with E-state index in [-0.39, 0.29) is 6.10 Å². The van der Waals surface area contributed by atoms with E-state index in [0.29, 0.717) is 0 Å². The van der Waals surface area contributed by atoms with Gasteiger partial charge in [-0.2, -0.15) is 0 Å². The standard InChI is InChI=1S/C18H38O/c1-4-6-7-8-9-10-11-14-17(3)15-12-16-18(19)13-5-2/h17-19H,4-16H2,1-3H3. The number of rotatable bonds is 14. The highest BCUT2D eigenvalue weighted by Crippen LogP contribution is 2.18. The molecule has 0 spiro atoms. The molecule has 19 heavy (non-hydrogen) atoms. The van der Waals surface area contributed by atoms with Crippen LogP contribution in [-0.4, -0.2) is 11.2 Å². The lowest BCUT2D eigenvalue weighted by Crippen LogP contribution is -2.06. The Hall–Kier alpha value is -0.0400. The van der Waals surface area contributed by atoms with Gasteiger partial charge in [0.25, 0.3) is 0 Å². The van der Waals surface area contributed by atoms with E-state index in [9.17, 15) is 5.11 Å². The van der Waals surface area contributed by atoms with Gasteiger partial charge in [-0.15, -0.1) is 0 Å². The molecule has 1 nitrogen and oxygen atoms in total. The van der Waals surface area contributed by atoms with Crippen LogP contribution in [0.15, 0.2) is 0 Å². The normalized spacial score (nSPS) is 14.5. The summed E-state index contributed by atoms with van der Waals surface area (Å²) in [5, 5.41) is 9.68. The molecule has 0 aliphatic heterocycles. The van der Waals surface area contributed by atoms with Gasteiger partial charge >= 0.3 is 0 Å². The molecule has 0 heterocycles. The molecule has 0 aliphatic carbocycles. The van der Waals surface area contributed by atoms with Gasteiger partial charge in [0.05, 0.1) is 6.10 Å². The maximum absolute atomic E-state index is 9.68. The third-order valence-electron chi connectivity index (χ3n) is 4.16. The van der Waals surface area contributed by atoms with E-state index in [2.05, 4.69) is 20.8 Å². The van der Waals surface area contributed by atoms with E-state index in [0.717, 1.165) is 25.2 Å². The summed E-state index contributed by atoms with van der Waals surface area (Å²) in [6, 6.07) is 0. The van der Waals surface area contributed by atoms with Crippen molar-refractivity contribution >= 4 is 0 Å². The Balaban J connectivity index is 3.23. The molecule has 0 fully saturated rings. The zero-order valence-corrected chi connectivity index (χ0v) is 13.8. The van der Waals surface area contributed by atoms with Gasteiger partial charge in [0, 0.05) is 0 Å². The summed E-state index contributed by atoms with van der Waals surface area (Å²) in [6.07, 6.45) is 16.8. The van der Waals surface area contributed by atoms with Gasteiger partial charge in [0.2, 0.25) is 0 Å². The summed E-state index contributed by atoms with van der Waals surface area (Å²) in [5.74, 6) is 0.851. The number of hydrogen-bond acceptors (Lipinski definition) is 1. The van der Waals surface area contributed by atoms with Gasteiger partial charge in [-0.05, 0) is 18.8 Å². The molecule has 0 aromatic carbocycles. The minimum absolute atomic E-state index is 0.0456. The summed E-state index contributed by atoms with van der Waals surface area (Å²) in [5.41, 5.74) is 0. The van der Waals surface area contributed by atoms with E-state index < -0.39 is 0 Å². The van der Waals surface area contributed by atoms with Crippen LogP contribution in [0.1, 0.15) is 104 Å². The number of aliphatic hydroxyl groups excluding tert-OH is 1. The van der Waals surface area contributed by atoms with Crippen molar-refractivity contribution in [2.75, 3.05) is 0 Å². The number of aliphatic hydroxyl groups is 1. The van der Waals surface area contributed by atoms with E-state index in [1.807, 2.05) is 0 Å². The van der Waals surface area contributed by atoms with Crippen LogP contribution >= 0.6 is 0 Å². The Bertz CT molecular complexity index is 167. The van der Waals surface area contributed by atoms with Crippen LogP contribution in [0.25, 0.3) is 0 Å². The summed E-state index contributed by atoms with van der Waals surface area (Å²) in [6.45, 7) is 6.80. The fourth-order valence-corrected chi connectivity index (χ4v) is 2.77. The average Bonchev–Trinajstić information content (AvgIpc) is 2.38. The second-order valence-electron chi connectivity index (χ2n) is 6.39. The first-order valence-electron chi connectivity index (χ1n) is 8.88. The monoisotopic (exact) mass is 270 g/mol. The fraction of sp³-hybridized carbons (Fsp3) is 1.00. The molecule has 116 valence electrons. The molecule has 0 amide bonds. The maximum Gasteiger partial charge on any atom is 0.0540 e. The van der Waals surface area contributed by atoms with Gasteiger partial charge in [0.15, 0.2) is 0 Å². The molecule has 0 bridgehead atoms. The Morgan fingerprint density at radius 2 is 1.21 bits per heavy atom. The molecule has 0 aromatic rings. The Kier molecular flexibility index (Phi) is 14.3. The largest absolute Gasteiger partial charge is 0.393 e. The van der Waals surface area contributed by atoms with Crippen molar-refractivity contribution in [3.63, 3.8) is 0 Å². The van der Waals surface area contributed by atoms with Gasteiger partial charge in [-0.1, -0.05) is 91.4 Å². The molecule has 0 rings (SSSR count). The zero-order valence-electron chi connectivity index (χ0n) is 13.8. The third-order valence-corrected chi connectivity index (χ3v) is 4.16. The van der Waals surface area contributed by atoms with Crippen molar-refractivity contribution in [2.45, 2.75) is 110 Å². The predicted molar refractivity (Wildman–Crippen MR) is 86.5 cm³/mol. The van der Waals surface area contributed by atoms with Crippen LogP contribution in [0.4, 0.5) is 0 Å². The topological polar surface area (TPSA) is 20.2 Å². The number of hydrogen-bond donors (Lipinski definition) is 1. The summed E-state index contributed by atoms with van der Waals surface area (Å²) in [7, 11) is 0. The first-order valence-corrected chi connectivity index (χ1v) is 8.88. The molecular formula is C18H38O. The van der Waals surface area contributed by atoms with Crippen LogP contribution in [0.3, 0.4) is 0 Å². The Labute approximate surface area is 122 Å². The average molecular weight is 271 g/mol. The van der Waals surface area contributed by atoms with E-state index in [4.69, 9.17) is 0 Å². The SMILES string of the molecule is CCCCCCCCCC(C)CCCC(O)CCC. The van der Waals surface area contributed by atoms with E-state index in [1.165, 1.54) is 64.2 Å². The van der Waals surface area contributed by atoms with Crippen LogP contribution in [-0.2, 0) is 0 Å². The van der Waals surface area contributed by atoms with Crippen molar-refractivity contribution in [1.29, 1.82) is 0 Å². The Morgan fingerprint density at radius 1 is 0.632 bits per heavy atom. The van der Waals surface area contributed by atoms with Crippen molar-refractivity contribution in [1.82, 2.24) is 0 Å².